The SMILES string of the molecule is COC(=O)C1=C(C)NC(C)=C(c2nnc(SCC(N)=O)o2)C1c1cccc(Cl)c1Cl. The molecule has 1 unspecified atom stereocenters. The highest BCUT2D eigenvalue weighted by molar-refractivity contribution is 7.99. The maximum Gasteiger partial charge on any atom is 0.336 e. The fourth-order valence-corrected chi connectivity index (χ4v) is 4.14. The average molecular weight is 469 g/mol. The molecule has 30 heavy (non-hydrogen) atoms. The van der Waals surface area contributed by atoms with Crippen molar-refractivity contribution in [2.45, 2.75) is 25.0 Å². The van der Waals surface area contributed by atoms with E-state index in [1.807, 2.05) is 6.92 Å². The van der Waals surface area contributed by atoms with Crippen molar-refractivity contribution in [2.24, 2.45) is 5.73 Å². The Morgan fingerprint density at radius 1 is 1.27 bits per heavy atom. The molecule has 0 radical (unpaired) electrons. The van der Waals surface area contributed by atoms with E-state index in [0.29, 0.717) is 38.1 Å². The van der Waals surface area contributed by atoms with Gasteiger partial charge in [0.25, 0.3) is 5.22 Å². The highest BCUT2D eigenvalue weighted by Gasteiger charge is 2.38. The largest absolute Gasteiger partial charge is 0.466 e. The molecule has 1 amide bonds. The van der Waals surface area contributed by atoms with Gasteiger partial charge in [-0.1, -0.05) is 47.1 Å². The van der Waals surface area contributed by atoms with Crippen LogP contribution in [0, 0.1) is 0 Å². The number of nitrogens with zero attached hydrogens (tertiary/aromatic N) is 2. The predicted octanol–water partition coefficient (Wildman–Crippen LogP) is 3.52. The summed E-state index contributed by atoms with van der Waals surface area (Å²) in [5.41, 5.74) is 7.94. The first-order chi connectivity index (χ1) is 14.2. The molecule has 0 aliphatic carbocycles. The molecule has 8 nitrogen and oxygen atoms in total. The number of dihydropyridines is 1. The molecule has 0 spiro atoms. The van der Waals surface area contributed by atoms with Crippen LogP contribution < -0.4 is 11.1 Å². The number of hydrogen-bond donors (Lipinski definition) is 2. The van der Waals surface area contributed by atoms with E-state index in [1.165, 1.54) is 7.11 Å². The minimum atomic E-state index is -0.667. The number of amides is 1. The van der Waals surface area contributed by atoms with Crippen molar-refractivity contribution in [1.82, 2.24) is 15.5 Å². The van der Waals surface area contributed by atoms with Crippen LogP contribution in [0.2, 0.25) is 10.0 Å². The lowest BCUT2D eigenvalue weighted by atomic mass is 9.80. The van der Waals surface area contributed by atoms with Gasteiger partial charge in [-0.3, -0.25) is 4.79 Å². The van der Waals surface area contributed by atoms with Crippen molar-refractivity contribution in [3.63, 3.8) is 0 Å². The maximum absolute atomic E-state index is 12.7. The second-order valence-electron chi connectivity index (χ2n) is 6.40. The van der Waals surface area contributed by atoms with Crippen LogP contribution in [0.5, 0.6) is 0 Å². The number of carbonyl (C=O) groups is 2. The van der Waals surface area contributed by atoms with Gasteiger partial charge in [0.05, 0.1) is 34.4 Å². The molecule has 0 saturated heterocycles. The molecule has 1 aliphatic heterocycles. The number of aromatic nitrogens is 2. The topological polar surface area (TPSA) is 120 Å². The van der Waals surface area contributed by atoms with Gasteiger partial charge >= 0.3 is 5.97 Å². The molecule has 3 N–H and O–H groups in total. The number of methoxy groups -OCH3 is 1. The summed E-state index contributed by atoms with van der Waals surface area (Å²) in [4.78, 5) is 23.7. The van der Waals surface area contributed by atoms with Crippen LogP contribution in [-0.4, -0.2) is 34.9 Å². The number of halogens is 2. The molecular weight excluding hydrogens is 451 g/mol. The van der Waals surface area contributed by atoms with Gasteiger partial charge in [-0.05, 0) is 25.5 Å². The fraction of sp³-hybridized carbons (Fsp3) is 0.263. The summed E-state index contributed by atoms with van der Waals surface area (Å²) in [6.07, 6.45) is 0. The van der Waals surface area contributed by atoms with E-state index in [2.05, 4.69) is 15.5 Å². The number of benzene rings is 1. The lowest BCUT2D eigenvalue weighted by molar-refractivity contribution is -0.136. The highest BCUT2D eigenvalue weighted by atomic mass is 35.5. The Morgan fingerprint density at radius 3 is 2.67 bits per heavy atom. The molecule has 2 heterocycles. The van der Waals surface area contributed by atoms with Crippen LogP contribution >= 0.6 is 35.0 Å². The standard InChI is InChI=1S/C19H18Cl2N4O4S/c1-8-13(17-24-25-19(29-17)30-7-12(22)26)15(10-5-4-6-11(20)16(10)21)14(9(2)23-8)18(27)28-3/h4-6,15,23H,7H2,1-3H3,(H2,22,26). The first-order valence-electron chi connectivity index (χ1n) is 8.70. The number of nitrogens with one attached hydrogen (secondary N) is 1. The summed E-state index contributed by atoms with van der Waals surface area (Å²) >= 11 is 13.8. The predicted molar refractivity (Wildman–Crippen MR) is 114 cm³/mol. The Morgan fingerprint density at radius 2 is 2.00 bits per heavy atom. The van der Waals surface area contributed by atoms with Gasteiger partial charge in [-0.2, -0.15) is 0 Å². The molecule has 11 heteroatoms. The second kappa shape index (κ2) is 9.11. The molecule has 1 aromatic carbocycles. The third-order valence-electron chi connectivity index (χ3n) is 4.43. The van der Waals surface area contributed by atoms with Crippen molar-refractivity contribution in [3.8, 4) is 0 Å². The molecule has 0 fully saturated rings. The lowest BCUT2D eigenvalue weighted by Gasteiger charge is -2.30. The van der Waals surface area contributed by atoms with Crippen LogP contribution in [0.15, 0.2) is 44.8 Å². The van der Waals surface area contributed by atoms with Crippen LogP contribution in [-0.2, 0) is 14.3 Å². The minimum absolute atomic E-state index is 0.00607. The summed E-state index contributed by atoms with van der Waals surface area (Å²) in [6, 6.07) is 5.17. The zero-order valence-electron chi connectivity index (χ0n) is 16.3. The van der Waals surface area contributed by atoms with Crippen LogP contribution in [0.25, 0.3) is 5.57 Å². The lowest BCUT2D eigenvalue weighted by Crippen LogP contribution is -2.28. The van der Waals surface area contributed by atoms with E-state index in [4.69, 9.17) is 38.1 Å². The number of hydrogen-bond acceptors (Lipinski definition) is 8. The summed E-state index contributed by atoms with van der Waals surface area (Å²) in [5.74, 6) is -1.55. The summed E-state index contributed by atoms with van der Waals surface area (Å²) in [6.45, 7) is 3.58. The summed E-state index contributed by atoms with van der Waals surface area (Å²) < 4.78 is 10.8. The fourth-order valence-electron chi connectivity index (χ4n) is 3.22. The third kappa shape index (κ3) is 4.33. The minimum Gasteiger partial charge on any atom is -0.466 e. The average Bonchev–Trinajstić information content (AvgIpc) is 3.16. The monoisotopic (exact) mass is 468 g/mol. The molecule has 1 atom stereocenters. The van der Waals surface area contributed by atoms with Gasteiger partial charge in [0.1, 0.15) is 0 Å². The van der Waals surface area contributed by atoms with Crippen molar-refractivity contribution in [3.05, 3.63) is 56.7 Å². The normalized spacial score (nSPS) is 16.5. The van der Waals surface area contributed by atoms with Crippen LogP contribution in [0.4, 0.5) is 0 Å². The van der Waals surface area contributed by atoms with Crippen molar-refractivity contribution < 1.29 is 18.7 Å². The van der Waals surface area contributed by atoms with Gasteiger partial charge in [-0.15, -0.1) is 10.2 Å². The number of nitrogens with two attached hydrogens (primary N) is 1. The van der Waals surface area contributed by atoms with E-state index in [0.717, 1.165) is 11.8 Å². The maximum atomic E-state index is 12.7. The van der Waals surface area contributed by atoms with E-state index in [1.54, 1.807) is 25.1 Å². The third-order valence-corrected chi connectivity index (χ3v) is 6.11. The van der Waals surface area contributed by atoms with Crippen LogP contribution in [0.3, 0.4) is 0 Å². The van der Waals surface area contributed by atoms with Gasteiger partial charge in [0.2, 0.25) is 11.8 Å². The van der Waals surface area contributed by atoms with E-state index < -0.39 is 17.8 Å². The molecule has 1 aromatic heterocycles. The molecule has 2 aromatic rings. The van der Waals surface area contributed by atoms with Crippen molar-refractivity contribution >= 4 is 52.4 Å². The molecule has 0 saturated carbocycles. The number of ether oxygens (including phenoxy) is 1. The molecule has 158 valence electrons. The van der Waals surface area contributed by atoms with Gasteiger partial charge in [0.15, 0.2) is 0 Å². The number of carbonyl (C=O) groups excluding carboxylic acids is 2. The van der Waals surface area contributed by atoms with Gasteiger partial charge in [0, 0.05) is 17.0 Å². The quantitative estimate of drug-likeness (QED) is 0.487. The van der Waals surface area contributed by atoms with Gasteiger partial charge in [-0.25, -0.2) is 4.79 Å². The number of primary amides is 1. The molecule has 3 rings (SSSR count). The van der Waals surface area contributed by atoms with E-state index in [9.17, 15) is 9.59 Å². The first-order valence-corrected chi connectivity index (χ1v) is 10.4. The van der Waals surface area contributed by atoms with E-state index >= 15 is 0 Å². The van der Waals surface area contributed by atoms with E-state index in [-0.39, 0.29) is 16.9 Å². The summed E-state index contributed by atoms with van der Waals surface area (Å²) in [5, 5.41) is 12.0. The molecular formula is C19H18Cl2N4O4S. The number of esters is 1. The summed E-state index contributed by atoms with van der Waals surface area (Å²) in [7, 11) is 1.30. The molecule has 0 bridgehead atoms. The van der Waals surface area contributed by atoms with Crippen molar-refractivity contribution in [2.75, 3.05) is 12.9 Å². The van der Waals surface area contributed by atoms with Crippen LogP contribution in [0.1, 0.15) is 31.2 Å². The Hall–Kier alpha value is -2.49. The Kier molecular flexibility index (Phi) is 6.74. The zero-order valence-corrected chi connectivity index (χ0v) is 18.6. The number of rotatable bonds is 6. The number of thioether (sulfide) groups is 1. The Labute approximate surface area is 186 Å². The van der Waals surface area contributed by atoms with Crippen molar-refractivity contribution in [1.29, 1.82) is 0 Å². The van der Waals surface area contributed by atoms with Gasteiger partial charge < -0.3 is 20.2 Å². The Bertz CT molecular complexity index is 1080. The second-order valence-corrected chi connectivity index (χ2v) is 8.11. The smallest absolute Gasteiger partial charge is 0.336 e. The Balaban J connectivity index is 2.16. The number of allylic oxidation sites excluding steroid dienone is 3. The highest BCUT2D eigenvalue weighted by Crippen LogP contribution is 2.46. The first kappa shape index (κ1) is 22.2. The molecule has 1 aliphatic rings. The zero-order chi connectivity index (χ0) is 22.0.